The van der Waals surface area contributed by atoms with Crippen molar-refractivity contribution in [3.05, 3.63) is 0 Å². The Morgan fingerprint density at radius 3 is 2.31 bits per heavy atom. The van der Waals surface area contributed by atoms with Gasteiger partial charge in [-0.15, -0.1) is 0 Å². The maximum atomic E-state index is 11.5. The molecule has 0 radical (unpaired) electrons. The van der Waals surface area contributed by atoms with E-state index in [1.165, 1.54) is 0 Å². The molecule has 0 fully saturated rings. The molecule has 5 nitrogen and oxygen atoms in total. The zero-order chi connectivity index (χ0) is 12.4. The molecule has 0 aliphatic rings. The smallest absolute Gasteiger partial charge is 0.317 e. The molecule has 0 aliphatic heterocycles. The third-order valence-corrected chi connectivity index (χ3v) is 2.19. The largest absolute Gasteiger partial charge is 0.466 e. The quantitative estimate of drug-likeness (QED) is 0.531. The van der Waals surface area contributed by atoms with Crippen molar-refractivity contribution in [3.63, 3.8) is 0 Å². The van der Waals surface area contributed by atoms with E-state index in [-0.39, 0.29) is 12.0 Å². The Hall–Kier alpha value is -1.26. The van der Waals surface area contributed by atoms with E-state index in [0.717, 1.165) is 0 Å². The topological polar surface area (TPSA) is 58.6 Å². The molecule has 16 heavy (non-hydrogen) atoms. The fraction of sp³-hybridized carbons (Fsp3) is 0.818. The van der Waals surface area contributed by atoms with Crippen LogP contribution in [-0.2, 0) is 9.53 Å². The number of rotatable bonds is 7. The Labute approximate surface area is 97.1 Å². The van der Waals surface area contributed by atoms with Gasteiger partial charge in [0.2, 0.25) is 0 Å². The first-order valence-electron chi connectivity index (χ1n) is 5.84. The number of hydrogen-bond acceptors (Lipinski definition) is 3. The lowest BCUT2D eigenvalue weighted by atomic mass is 10.3. The summed E-state index contributed by atoms with van der Waals surface area (Å²) in [5.74, 6) is -0.209. The van der Waals surface area contributed by atoms with Gasteiger partial charge in [0, 0.05) is 26.1 Å². The number of nitrogens with one attached hydrogen (secondary N) is 1. The van der Waals surface area contributed by atoms with Crippen molar-refractivity contribution in [2.75, 3.05) is 26.2 Å². The summed E-state index contributed by atoms with van der Waals surface area (Å²) in [4.78, 5) is 24.2. The first kappa shape index (κ1) is 14.7. The lowest BCUT2D eigenvalue weighted by Crippen LogP contribution is -2.40. The molecule has 1 N–H and O–H groups in total. The maximum Gasteiger partial charge on any atom is 0.317 e. The van der Waals surface area contributed by atoms with Crippen molar-refractivity contribution in [3.8, 4) is 0 Å². The molecule has 2 amide bonds. The normalized spacial score (nSPS) is 9.69. The Balaban J connectivity index is 3.58. The first-order chi connectivity index (χ1) is 7.65. The van der Waals surface area contributed by atoms with Gasteiger partial charge in [-0.3, -0.25) is 4.79 Å². The number of ether oxygens (including phenoxy) is 1. The zero-order valence-electron chi connectivity index (χ0n) is 10.4. The van der Waals surface area contributed by atoms with Crippen molar-refractivity contribution in [1.82, 2.24) is 10.2 Å². The van der Waals surface area contributed by atoms with Crippen LogP contribution in [0.2, 0.25) is 0 Å². The van der Waals surface area contributed by atoms with Crippen molar-refractivity contribution in [2.24, 2.45) is 0 Å². The Morgan fingerprint density at radius 1 is 1.19 bits per heavy atom. The van der Waals surface area contributed by atoms with Gasteiger partial charge < -0.3 is 15.0 Å². The number of urea groups is 1. The van der Waals surface area contributed by atoms with Gasteiger partial charge in [-0.1, -0.05) is 0 Å². The summed E-state index contributed by atoms with van der Waals surface area (Å²) >= 11 is 0. The van der Waals surface area contributed by atoms with Crippen LogP contribution in [0.5, 0.6) is 0 Å². The highest BCUT2D eigenvalue weighted by Gasteiger charge is 2.08. The molecule has 0 bridgehead atoms. The Kier molecular flexibility index (Phi) is 8.29. The SMILES string of the molecule is CCOC(=O)CCCNC(=O)N(CC)CC. The van der Waals surface area contributed by atoms with Crippen LogP contribution in [0.1, 0.15) is 33.6 Å². The van der Waals surface area contributed by atoms with E-state index in [1.807, 2.05) is 13.8 Å². The molecule has 94 valence electrons. The molecular weight excluding hydrogens is 208 g/mol. The summed E-state index contributed by atoms with van der Waals surface area (Å²) in [5, 5.41) is 2.76. The number of hydrogen-bond donors (Lipinski definition) is 1. The standard InChI is InChI=1S/C11H22N2O3/c1-4-13(5-2)11(15)12-9-7-8-10(14)16-6-3/h4-9H2,1-3H3,(H,12,15). The van der Waals surface area contributed by atoms with Crippen LogP contribution >= 0.6 is 0 Å². The maximum absolute atomic E-state index is 11.5. The van der Waals surface area contributed by atoms with Crippen LogP contribution < -0.4 is 5.32 Å². The molecular formula is C11H22N2O3. The minimum absolute atomic E-state index is 0.0751. The van der Waals surface area contributed by atoms with Gasteiger partial charge in [0.1, 0.15) is 0 Å². The molecule has 0 rings (SSSR count). The van der Waals surface area contributed by atoms with E-state index in [4.69, 9.17) is 4.74 Å². The predicted octanol–water partition coefficient (Wildman–Crippen LogP) is 1.38. The molecule has 0 atom stereocenters. The van der Waals surface area contributed by atoms with Gasteiger partial charge in [-0.2, -0.15) is 0 Å². The van der Waals surface area contributed by atoms with Crippen molar-refractivity contribution < 1.29 is 14.3 Å². The van der Waals surface area contributed by atoms with E-state index in [1.54, 1.807) is 11.8 Å². The first-order valence-corrected chi connectivity index (χ1v) is 5.84. The minimum Gasteiger partial charge on any atom is -0.466 e. The summed E-state index contributed by atoms with van der Waals surface area (Å²) < 4.78 is 4.78. The second kappa shape index (κ2) is 9.00. The Bertz CT molecular complexity index is 215. The third kappa shape index (κ3) is 6.27. The van der Waals surface area contributed by atoms with Gasteiger partial charge in [0.25, 0.3) is 0 Å². The van der Waals surface area contributed by atoms with E-state index < -0.39 is 0 Å². The van der Waals surface area contributed by atoms with Gasteiger partial charge >= 0.3 is 12.0 Å². The second-order valence-corrected chi connectivity index (χ2v) is 3.31. The van der Waals surface area contributed by atoms with Crippen molar-refractivity contribution >= 4 is 12.0 Å². The zero-order valence-corrected chi connectivity index (χ0v) is 10.4. The molecule has 0 spiro atoms. The fourth-order valence-electron chi connectivity index (χ4n) is 1.28. The summed E-state index contributed by atoms with van der Waals surface area (Å²) in [5.41, 5.74) is 0. The second-order valence-electron chi connectivity index (χ2n) is 3.31. The monoisotopic (exact) mass is 230 g/mol. The molecule has 0 unspecified atom stereocenters. The molecule has 0 aromatic carbocycles. The molecule has 0 aromatic heterocycles. The molecule has 0 aliphatic carbocycles. The van der Waals surface area contributed by atoms with E-state index >= 15 is 0 Å². The van der Waals surface area contributed by atoms with Crippen molar-refractivity contribution in [1.29, 1.82) is 0 Å². The number of carbonyl (C=O) groups excluding carboxylic acids is 2. The van der Waals surface area contributed by atoms with E-state index in [0.29, 0.717) is 39.1 Å². The molecule has 0 saturated heterocycles. The summed E-state index contributed by atoms with van der Waals surface area (Å²) in [6.07, 6.45) is 0.970. The van der Waals surface area contributed by atoms with Gasteiger partial charge in [-0.25, -0.2) is 4.79 Å². The van der Waals surface area contributed by atoms with Gasteiger partial charge in [0.15, 0.2) is 0 Å². The highest BCUT2D eigenvalue weighted by atomic mass is 16.5. The molecule has 5 heteroatoms. The van der Waals surface area contributed by atoms with Gasteiger partial charge in [-0.05, 0) is 27.2 Å². The average molecular weight is 230 g/mol. The van der Waals surface area contributed by atoms with Crippen LogP contribution in [0.3, 0.4) is 0 Å². The molecule has 0 heterocycles. The van der Waals surface area contributed by atoms with E-state index in [9.17, 15) is 9.59 Å². The number of amides is 2. The molecule has 0 aromatic rings. The van der Waals surface area contributed by atoms with Crippen LogP contribution in [0.15, 0.2) is 0 Å². The molecule has 0 saturated carbocycles. The van der Waals surface area contributed by atoms with Crippen LogP contribution in [0.25, 0.3) is 0 Å². The third-order valence-electron chi connectivity index (χ3n) is 2.19. The highest BCUT2D eigenvalue weighted by molar-refractivity contribution is 5.74. The lowest BCUT2D eigenvalue weighted by Gasteiger charge is -2.18. The predicted molar refractivity (Wildman–Crippen MR) is 62.2 cm³/mol. The number of esters is 1. The fourth-order valence-corrected chi connectivity index (χ4v) is 1.28. The lowest BCUT2D eigenvalue weighted by molar-refractivity contribution is -0.143. The van der Waals surface area contributed by atoms with Gasteiger partial charge in [0.05, 0.1) is 6.61 Å². The highest BCUT2D eigenvalue weighted by Crippen LogP contribution is 1.93. The van der Waals surface area contributed by atoms with Crippen LogP contribution in [0.4, 0.5) is 4.79 Å². The summed E-state index contributed by atoms with van der Waals surface area (Å²) in [7, 11) is 0. The Morgan fingerprint density at radius 2 is 1.81 bits per heavy atom. The summed E-state index contributed by atoms with van der Waals surface area (Å²) in [6.45, 7) is 7.95. The number of nitrogens with zero attached hydrogens (tertiary/aromatic N) is 1. The van der Waals surface area contributed by atoms with Crippen molar-refractivity contribution in [2.45, 2.75) is 33.6 Å². The van der Waals surface area contributed by atoms with Crippen LogP contribution in [-0.4, -0.2) is 43.1 Å². The number of carbonyl (C=O) groups is 2. The minimum atomic E-state index is -0.209. The average Bonchev–Trinajstić information content (AvgIpc) is 2.26. The van der Waals surface area contributed by atoms with E-state index in [2.05, 4.69) is 5.32 Å². The van der Waals surface area contributed by atoms with Crippen LogP contribution in [0, 0.1) is 0 Å². The summed E-state index contributed by atoms with van der Waals surface area (Å²) in [6, 6.07) is -0.0751.